The Kier molecular flexibility index (Phi) is 4.64. The van der Waals surface area contributed by atoms with Gasteiger partial charge in [-0.1, -0.05) is 55.1 Å². The Morgan fingerprint density at radius 2 is 1.68 bits per heavy atom. The molecule has 1 heterocycles. The molecule has 1 aliphatic heterocycles. The molecule has 2 aromatic carbocycles. The summed E-state index contributed by atoms with van der Waals surface area (Å²) in [5.74, 6) is 2.10. The molecular weight excluding hydrogens is 290 g/mol. The number of carbonyl (C=O) groups is 1. The highest BCUT2D eigenvalue weighted by molar-refractivity contribution is 7.99. The summed E-state index contributed by atoms with van der Waals surface area (Å²) in [4.78, 5) is 15.0. The topological polar surface area (TPSA) is 20.3 Å². The average Bonchev–Trinajstić information content (AvgIpc) is 3.10. The summed E-state index contributed by atoms with van der Waals surface area (Å²) in [5.41, 5.74) is 2.40. The van der Waals surface area contributed by atoms with Crippen LogP contribution in [0, 0.1) is 0 Å². The van der Waals surface area contributed by atoms with Gasteiger partial charge in [0.15, 0.2) is 0 Å². The number of nitrogens with zero attached hydrogens (tertiary/aromatic N) is 1. The molecule has 0 bridgehead atoms. The van der Waals surface area contributed by atoms with Gasteiger partial charge in [0.05, 0.1) is 0 Å². The van der Waals surface area contributed by atoms with E-state index in [2.05, 4.69) is 6.58 Å². The SMILES string of the molecule is C=C(C(=O)N(c1ccccc1)C1CCSC1)c1ccccc1. The molecule has 1 amide bonds. The smallest absolute Gasteiger partial charge is 0.258 e. The fraction of sp³-hybridized carbons (Fsp3) is 0.211. The van der Waals surface area contributed by atoms with E-state index in [1.165, 1.54) is 0 Å². The van der Waals surface area contributed by atoms with Crippen molar-refractivity contribution in [3.8, 4) is 0 Å². The quantitative estimate of drug-likeness (QED) is 0.787. The molecule has 0 N–H and O–H groups in total. The van der Waals surface area contributed by atoms with E-state index >= 15 is 0 Å². The number of hydrogen-bond donors (Lipinski definition) is 0. The third kappa shape index (κ3) is 3.09. The zero-order chi connectivity index (χ0) is 15.4. The van der Waals surface area contributed by atoms with E-state index in [1.807, 2.05) is 77.3 Å². The summed E-state index contributed by atoms with van der Waals surface area (Å²) in [6.45, 7) is 4.04. The lowest BCUT2D eigenvalue weighted by molar-refractivity contribution is -0.113. The molecule has 0 aliphatic carbocycles. The number of benzene rings is 2. The molecule has 22 heavy (non-hydrogen) atoms. The van der Waals surface area contributed by atoms with Gasteiger partial charge in [-0.3, -0.25) is 4.79 Å². The number of amides is 1. The second-order valence-electron chi connectivity index (χ2n) is 5.37. The molecule has 1 aliphatic rings. The van der Waals surface area contributed by atoms with Crippen molar-refractivity contribution >= 4 is 28.9 Å². The minimum atomic E-state index is 0.00454. The summed E-state index contributed by atoms with van der Waals surface area (Å²) in [5, 5.41) is 0. The van der Waals surface area contributed by atoms with E-state index in [-0.39, 0.29) is 11.9 Å². The minimum absolute atomic E-state index is 0.00454. The standard InChI is InChI=1S/C19H19NOS/c1-15(16-8-4-2-5-9-16)19(21)20(18-12-13-22-14-18)17-10-6-3-7-11-17/h2-11,18H,1,12-14H2. The van der Waals surface area contributed by atoms with Crippen molar-refractivity contribution in [2.24, 2.45) is 0 Å². The summed E-state index contributed by atoms with van der Waals surface area (Å²) in [7, 11) is 0. The summed E-state index contributed by atoms with van der Waals surface area (Å²) in [6, 6.07) is 19.9. The Balaban J connectivity index is 1.92. The molecule has 1 saturated heterocycles. The van der Waals surface area contributed by atoms with E-state index in [9.17, 15) is 4.79 Å². The molecule has 3 heteroatoms. The van der Waals surface area contributed by atoms with Gasteiger partial charge >= 0.3 is 0 Å². The van der Waals surface area contributed by atoms with Gasteiger partial charge in [0.1, 0.15) is 0 Å². The normalized spacial score (nSPS) is 17.2. The average molecular weight is 309 g/mol. The van der Waals surface area contributed by atoms with Gasteiger partial charge in [-0.15, -0.1) is 0 Å². The van der Waals surface area contributed by atoms with Crippen molar-refractivity contribution in [3.63, 3.8) is 0 Å². The van der Waals surface area contributed by atoms with Crippen molar-refractivity contribution in [1.82, 2.24) is 0 Å². The predicted molar refractivity (Wildman–Crippen MR) is 95.1 cm³/mol. The second-order valence-corrected chi connectivity index (χ2v) is 6.52. The largest absolute Gasteiger partial charge is 0.304 e. The highest BCUT2D eigenvalue weighted by Gasteiger charge is 2.29. The van der Waals surface area contributed by atoms with Crippen LogP contribution in [0.2, 0.25) is 0 Å². The van der Waals surface area contributed by atoms with E-state index in [1.54, 1.807) is 0 Å². The molecule has 1 atom stereocenters. The van der Waals surface area contributed by atoms with Gasteiger partial charge in [-0.2, -0.15) is 11.8 Å². The molecule has 0 spiro atoms. The van der Waals surface area contributed by atoms with Crippen LogP contribution in [0.1, 0.15) is 12.0 Å². The van der Waals surface area contributed by atoms with Crippen LogP contribution in [0.25, 0.3) is 5.57 Å². The van der Waals surface area contributed by atoms with Gasteiger partial charge in [-0.25, -0.2) is 0 Å². The first-order chi connectivity index (χ1) is 10.8. The molecule has 1 fully saturated rings. The fourth-order valence-corrected chi connectivity index (χ4v) is 3.91. The van der Waals surface area contributed by atoms with Crippen LogP contribution in [0.4, 0.5) is 5.69 Å². The third-order valence-electron chi connectivity index (χ3n) is 3.90. The van der Waals surface area contributed by atoms with Crippen LogP contribution in [-0.2, 0) is 4.79 Å². The van der Waals surface area contributed by atoms with Gasteiger partial charge in [0.25, 0.3) is 5.91 Å². The maximum absolute atomic E-state index is 13.0. The number of hydrogen-bond acceptors (Lipinski definition) is 2. The third-order valence-corrected chi connectivity index (χ3v) is 5.05. The first-order valence-corrected chi connectivity index (χ1v) is 8.63. The van der Waals surface area contributed by atoms with E-state index < -0.39 is 0 Å². The zero-order valence-corrected chi connectivity index (χ0v) is 13.3. The number of para-hydroxylation sites is 1. The van der Waals surface area contributed by atoms with E-state index in [0.717, 1.165) is 29.2 Å². The molecule has 0 saturated carbocycles. The van der Waals surface area contributed by atoms with Crippen molar-refractivity contribution in [1.29, 1.82) is 0 Å². The highest BCUT2D eigenvalue weighted by Crippen LogP contribution is 2.30. The van der Waals surface area contributed by atoms with Crippen LogP contribution in [0.5, 0.6) is 0 Å². The summed E-state index contributed by atoms with van der Waals surface area (Å²) in [6.07, 6.45) is 1.04. The Morgan fingerprint density at radius 1 is 1.05 bits per heavy atom. The van der Waals surface area contributed by atoms with Crippen molar-refractivity contribution in [2.45, 2.75) is 12.5 Å². The first-order valence-electron chi connectivity index (χ1n) is 7.48. The number of carbonyl (C=O) groups excluding carboxylic acids is 1. The molecule has 0 radical (unpaired) electrons. The Bertz CT molecular complexity index is 648. The summed E-state index contributed by atoms with van der Waals surface area (Å²) >= 11 is 1.91. The van der Waals surface area contributed by atoms with Gasteiger partial charge < -0.3 is 4.90 Å². The molecule has 112 valence electrons. The van der Waals surface area contributed by atoms with Crippen molar-refractivity contribution in [2.75, 3.05) is 16.4 Å². The summed E-state index contributed by atoms with van der Waals surface area (Å²) < 4.78 is 0. The molecule has 2 nitrogen and oxygen atoms in total. The lowest BCUT2D eigenvalue weighted by Crippen LogP contribution is -2.41. The first kappa shape index (κ1) is 14.9. The second kappa shape index (κ2) is 6.84. The van der Waals surface area contributed by atoms with Crippen LogP contribution in [0.3, 0.4) is 0 Å². The Hall–Kier alpha value is -2.00. The molecule has 0 aromatic heterocycles. The van der Waals surface area contributed by atoms with Crippen LogP contribution < -0.4 is 4.90 Å². The lowest BCUT2D eigenvalue weighted by Gasteiger charge is -2.29. The van der Waals surface area contributed by atoms with E-state index in [0.29, 0.717) is 5.57 Å². The highest BCUT2D eigenvalue weighted by atomic mass is 32.2. The van der Waals surface area contributed by atoms with Crippen LogP contribution in [-0.4, -0.2) is 23.5 Å². The van der Waals surface area contributed by atoms with E-state index in [4.69, 9.17) is 0 Å². The van der Waals surface area contributed by atoms with Crippen molar-refractivity contribution in [3.05, 3.63) is 72.8 Å². The van der Waals surface area contributed by atoms with Crippen LogP contribution in [0.15, 0.2) is 67.2 Å². The van der Waals surface area contributed by atoms with Crippen molar-refractivity contribution < 1.29 is 4.79 Å². The van der Waals surface area contributed by atoms with Gasteiger partial charge in [-0.05, 0) is 29.9 Å². The van der Waals surface area contributed by atoms with Gasteiger partial charge in [0, 0.05) is 23.1 Å². The monoisotopic (exact) mass is 309 g/mol. The number of anilines is 1. The maximum Gasteiger partial charge on any atom is 0.258 e. The van der Waals surface area contributed by atoms with Gasteiger partial charge in [0.2, 0.25) is 0 Å². The number of rotatable bonds is 4. The number of thioether (sulfide) groups is 1. The minimum Gasteiger partial charge on any atom is -0.304 e. The molecule has 3 rings (SSSR count). The Morgan fingerprint density at radius 3 is 2.27 bits per heavy atom. The zero-order valence-electron chi connectivity index (χ0n) is 12.4. The molecule has 1 unspecified atom stereocenters. The van der Waals surface area contributed by atoms with Crippen LogP contribution >= 0.6 is 11.8 Å². The molecule has 2 aromatic rings. The maximum atomic E-state index is 13.0. The molecular formula is C19H19NOS. The fourth-order valence-electron chi connectivity index (χ4n) is 2.72. The predicted octanol–water partition coefficient (Wildman–Crippen LogP) is 4.24. The Labute approximate surface area is 135 Å². The lowest BCUT2D eigenvalue weighted by atomic mass is 10.0.